The standard InChI is InChI=1S/C12H24N4/c1-9(2)6-7-13-8-10(3)16-12(5)14-11(4)15-16/h9-10,13H,6-8H2,1-5H3. The van der Waals surface area contributed by atoms with Gasteiger partial charge in [-0.3, -0.25) is 0 Å². The van der Waals surface area contributed by atoms with Crippen LogP contribution in [0.4, 0.5) is 0 Å². The molecule has 1 N–H and O–H groups in total. The largest absolute Gasteiger partial charge is 0.315 e. The van der Waals surface area contributed by atoms with E-state index in [9.17, 15) is 0 Å². The third-order valence-corrected chi connectivity index (χ3v) is 2.66. The van der Waals surface area contributed by atoms with Crippen LogP contribution < -0.4 is 5.32 Å². The monoisotopic (exact) mass is 224 g/mol. The predicted octanol–water partition coefficient (Wildman–Crippen LogP) is 2.09. The van der Waals surface area contributed by atoms with Gasteiger partial charge < -0.3 is 5.32 Å². The minimum atomic E-state index is 0.369. The number of nitrogens with zero attached hydrogens (tertiary/aromatic N) is 3. The molecule has 1 aromatic rings. The molecule has 1 rings (SSSR count). The van der Waals surface area contributed by atoms with Crippen molar-refractivity contribution in [2.24, 2.45) is 5.92 Å². The molecule has 0 spiro atoms. The van der Waals surface area contributed by atoms with E-state index in [1.54, 1.807) is 0 Å². The van der Waals surface area contributed by atoms with Gasteiger partial charge in [0.2, 0.25) is 0 Å². The molecule has 0 radical (unpaired) electrons. The molecule has 1 unspecified atom stereocenters. The summed E-state index contributed by atoms with van der Waals surface area (Å²) in [5.74, 6) is 2.61. The van der Waals surface area contributed by atoms with Gasteiger partial charge in [0, 0.05) is 6.54 Å². The third-order valence-electron chi connectivity index (χ3n) is 2.66. The van der Waals surface area contributed by atoms with Gasteiger partial charge in [-0.15, -0.1) is 0 Å². The first-order chi connectivity index (χ1) is 7.50. The summed E-state index contributed by atoms with van der Waals surface area (Å²) >= 11 is 0. The van der Waals surface area contributed by atoms with E-state index >= 15 is 0 Å². The van der Waals surface area contributed by atoms with Crippen LogP contribution in [0.15, 0.2) is 0 Å². The van der Waals surface area contributed by atoms with Gasteiger partial charge in [0.15, 0.2) is 0 Å². The van der Waals surface area contributed by atoms with Crippen LogP contribution in [0, 0.1) is 19.8 Å². The lowest BCUT2D eigenvalue weighted by Gasteiger charge is -2.14. The van der Waals surface area contributed by atoms with Crippen LogP contribution in [0.1, 0.15) is 44.9 Å². The van der Waals surface area contributed by atoms with Crippen LogP contribution in [0.3, 0.4) is 0 Å². The van der Waals surface area contributed by atoms with Crippen molar-refractivity contribution < 1.29 is 0 Å². The van der Waals surface area contributed by atoms with Gasteiger partial charge in [-0.05, 0) is 39.7 Å². The first-order valence-corrected chi connectivity index (χ1v) is 6.11. The van der Waals surface area contributed by atoms with Crippen LogP contribution in [0.5, 0.6) is 0 Å². The molecular weight excluding hydrogens is 200 g/mol. The molecule has 0 aliphatic carbocycles. The average Bonchev–Trinajstić information content (AvgIpc) is 2.52. The van der Waals surface area contributed by atoms with Crippen LogP contribution in [-0.4, -0.2) is 27.9 Å². The summed E-state index contributed by atoms with van der Waals surface area (Å²) in [6.07, 6.45) is 1.22. The molecule has 4 heteroatoms. The molecule has 1 heterocycles. The van der Waals surface area contributed by atoms with E-state index < -0.39 is 0 Å². The van der Waals surface area contributed by atoms with Crippen molar-refractivity contribution in [3.05, 3.63) is 11.6 Å². The zero-order valence-electron chi connectivity index (χ0n) is 11.1. The number of hydrogen-bond acceptors (Lipinski definition) is 3. The summed E-state index contributed by atoms with van der Waals surface area (Å²) in [5, 5.41) is 7.85. The Labute approximate surface area is 98.5 Å². The van der Waals surface area contributed by atoms with Gasteiger partial charge in [-0.2, -0.15) is 5.10 Å². The fourth-order valence-corrected chi connectivity index (χ4v) is 1.74. The maximum atomic E-state index is 4.39. The molecule has 0 aliphatic rings. The van der Waals surface area contributed by atoms with Gasteiger partial charge >= 0.3 is 0 Å². The van der Waals surface area contributed by atoms with E-state index in [2.05, 4.69) is 36.2 Å². The molecule has 1 aromatic heterocycles. The maximum absolute atomic E-state index is 4.39. The van der Waals surface area contributed by atoms with Crippen molar-refractivity contribution in [3.8, 4) is 0 Å². The van der Waals surface area contributed by atoms with Crippen LogP contribution in [-0.2, 0) is 0 Å². The maximum Gasteiger partial charge on any atom is 0.147 e. The van der Waals surface area contributed by atoms with E-state index in [4.69, 9.17) is 0 Å². The highest BCUT2D eigenvalue weighted by Crippen LogP contribution is 2.06. The quantitative estimate of drug-likeness (QED) is 0.752. The highest BCUT2D eigenvalue weighted by atomic mass is 15.4. The molecule has 1 atom stereocenters. The molecule has 0 saturated heterocycles. The Balaban J connectivity index is 2.35. The Kier molecular flexibility index (Phi) is 4.93. The highest BCUT2D eigenvalue weighted by molar-refractivity contribution is 4.89. The Morgan fingerprint density at radius 3 is 2.44 bits per heavy atom. The Morgan fingerprint density at radius 1 is 1.25 bits per heavy atom. The molecule has 0 aromatic carbocycles. The number of aryl methyl sites for hydroxylation is 2. The lowest BCUT2D eigenvalue weighted by atomic mass is 10.1. The van der Waals surface area contributed by atoms with Gasteiger partial charge in [0.25, 0.3) is 0 Å². The normalized spacial score (nSPS) is 13.4. The smallest absolute Gasteiger partial charge is 0.147 e. The minimum absolute atomic E-state index is 0.369. The molecule has 92 valence electrons. The molecule has 0 bridgehead atoms. The fraction of sp³-hybridized carbons (Fsp3) is 0.833. The topological polar surface area (TPSA) is 42.7 Å². The first-order valence-electron chi connectivity index (χ1n) is 6.11. The summed E-state index contributed by atoms with van der Waals surface area (Å²) in [5.41, 5.74) is 0. The van der Waals surface area contributed by atoms with Gasteiger partial charge in [0.05, 0.1) is 6.04 Å². The van der Waals surface area contributed by atoms with E-state index in [-0.39, 0.29) is 0 Å². The average molecular weight is 224 g/mol. The zero-order chi connectivity index (χ0) is 12.1. The second-order valence-corrected chi connectivity index (χ2v) is 4.89. The number of hydrogen-bond donors (Lipinski definition) is 1. The molecule has 4 nitrogen and oxygen atoms in total. The Morgan fingerprint density at radius 2 is 1.94 bits per heavy atom. The van der Waals surface area contributed by atoms with E-state index in [0.717, 1.165) is 30.7 Å². The van der Waals surface area contributed by atoms with Crippen molar-refractivity contribution in [2.75, 3.05) is 13.1 Å². The molecule has 16 heavy (non-hydrogen) atoms. The number of nitrogens with one attached hydrogen (secondary N) is 1. The van der Waals surface area contributed by atoms with Crippen molar-refractivity contribution in [1.82, 2.24) is 20.1 Å². The van der Waals surface area contributed by atoms with E-state index in [0.29, 0.717) is 6.04 Å². The first kappa shape index (κ1) is 13.2. The predicted molar refractivity (Wildman–Crippen MR) is 66.5 cm³/mol. The molecule has 0 aliphatic heterocycles. The van der Waals surface area contributed by atoms with Gasteiger partial charge in [-0.25, -0.2) is 9.67 Å². The summed E-state index contributed by atoms with van der Waals surface area (Å²) in [7, 11) is 0. The SMILES string of the molecule is Cc1nc(C)n(C(C)CNCCC(C)C)n1. The second kappa shape index (κ2) is 5.99. The molecule has 0 fully saturated rings. The van der Waals surface area contributed by atoms with Crippen LogP contribution in [0.25, 0.3) is 0 Å². The summed E-state index contributed by atoms with van der Waals surface area (Å²) in [6.45, 7) is 12.6. The summed E-state index contributed by atoms with van der Waals surface area (Å²) in [4.78, 5) is 4.31. The summed E-state index contributed by atoms with van der Waals surface area (Å²) in [6, 6.07) is 0.369. The lowest BCUT2D eigenvalue weighted by molar-refractivity contribution is 0.430. The number of rotatable bonds is 6. The van der Waals surface area contributed by atoms with Crippen molar-refractivity contribution in [3.63, 3.8) is 0 Å². The van der Waals surface area contributed by atoms with E-state index in [1.807, 2.05) is 18.5 Å². The van der Waals surface area contributed by atoms with E-state index in [1.165, 1.54) is 6.42 Å². The second-order valence-electron chi connectivity index (χ2n) is 4.89. The highest BCUT2D eigenvalue weighted by Gasteiger charge is 2.09. The molecule has 0 amide bonds. The number of aromatic nitrogens is 3. The fourth-order valence-electron chi connectivity index (χ4n) is 1.74. The third kappa shape index (κ3) is 3.93. The van der Waals surface area contributed by atoms with Crippen molar-refractivity contribution >= 4 is 0 Å². The Bertz CT molecular complexity index is 317. The summed E-state index contributed by atoms with van der Waals surface area (Å²) < 4.78 is 2.00. The van der Waals surface area contributed by atoms with Gasteiger partial charge in [0.1, 0.15) is 11.6 Å². The molecule has 0 saturated carbocycles. The van der Waals surface area contributed by atoms with Crippen LogP contribution in [0.2, 0.25) is 0 Å². The van der Waals surface area contributed by atoms with Crippen molar-refractivity contribution in [1.29, 1.82) is 0 Å². The van der Waals surface area contributed by atoms with Crippen LogP contribution >= 0.6 is 0 Å². The van der Waals surface area contributed by atoms with Crippen molar-refractivity contribution in [2.45, 2.75) is 47.1 Å². The Hall–Kier alpha value is -0.900. The molecular formula is C12H24N4. The zero-order valence-corrected chi connectivity index (χ0v) is 11.1. The minimum Gasteiger partial charge on any atom is -0.315 e. The lowest BCUT2D eigenvalue weighted by Crippen LogP contribution is -2.26. The van der Waals surface area contributed by atoms with Gasteiger partial charge in [-0.1, -0.05) is 13.8 Å².